The molecule has 218 valence electrons. The number of nitrogens with one attached hydrogen (secondary N) is 1. The number of ether oxygens (including phenoxy) is 3. The molecule has 1 N–H and O–H groups in total. The number of aryl methyl sites for hydroxylation is 1. The van der Waals surface area contributed by atoms with E-state index in [4.69, 9.17) is 14.2 Å². The fraction of sp³-hybridized carbons (Fsp3) is 0.500. The van der Waals surface area contributed by atoms with Crippen molar-refractivity contribution in [3.8, 4) is 17.2 Å². The van der Waals surface area contributed by atoms with E-state index in [0.717, 1.165) is 11.8 Å². The zero-order valence-corrected chi connectivity index (χ0v) is 24.7. The molecule has 0 radical (unpaired) electrons. The van der Waals surface area contributed by atoms with Gasteiger partial charge in [-0.2, -0.15) is 4.31 Å². The van der Waals surface area contributed by atoms with Gasteiger partial charge >= 0.3 is 0 Å². The molecule has 3 aromatic rings. The van der Waals surface area contributed by atoms with Gasteiger partial charge in [0.1, 0.15) is 29.1 Å². The maximum Gasteiger partial charge on any atom is 0.243 e. The summed E-state index contributed by atoms with van der Waals surface area (Å²) in [6.45, 7) is 5.37. The smallest absolute Gasteiger partial charge is 0.243 e. The number of methoxy groups -OCH3 is 2. The Morgan fingerprint density at radius 3 is 2.25 bits per heavy atom. The number of rotatable bonds is 10. The van der Waals surface area contributed by atoms with Crippen LogP contribution in [0.1, 0.15) is 43.1 Å². The highest BCUT2D eigenvalue weighted by atomic mass is 32.2. The second-order valence-corrected chi connectivity index (χ2v) is 13.5. The van der Waals surface area contributed by atoms with Gasteiger partial charge < -0.3 is 14.2 Å². The first-order chi connectivity index (χ1) is 18.9. The Hall–Kier alpha value is -3.34. The van der Waals surface area contributed by atoms with Crippen LogP contribution in [0, 0.1) is 6.92 Å². The quantitative estimate of drug-likeness (QED) is 0.362. The molecule has 1 saturated heterocycles. The number of nitrogens with zero attached hydrogens (tertiary/aromatic N) is 6. The number of morpholine rings is 1. The molecular formula is C24H33N7O7S2. The van der Waals surface area contributed by atoms with E-state index in [9.17, 15) is 16.8 Å². The average Bonchev–Trinajstić information content (AvgIpc) is 3.33. The number of aromatic nitrogens is 5. The van der Waals surface area contributed by atoms with E-state index in [2.05, 4.69) is 24.9 Å². The van der Waals surface area contributed by atoms with Gasteiger partial charge in [0.2, 0.25) is 26.0 Å². The van der Waals surface area contributed by atoms with Crippen LogP contribution in [0.4, 0.5) is 5.95 Å². The minimum absolute atomic E-state index is 0.0423. The minimum atomic E-state index is -4.07. The van der Waals surface area contributed by atoms with Gasteiger partial charge in [-0.1, -0.05) is 13.0 Å². The molecule has 16 heteroatoms. The van der Waals surface area contributed by atoms with Crippen molar-refractivity contribution in [2.45, 2.75) is 38.0 Å². The zero-order chi connectivity index (χ0) is 29.2. The highest BCUT2D eigenvalue weighted by molar-refractivity contribution is 7.93. The lowest BCUT2D eigenvalue weighted by molar-refractivity contribution is -0.00827. The zero-order valence-electron chi connectivity index (χ0n) is 23.1. The second kappa shape index (κ2) is 11.6. The lowest BCUT2D eigenvalue weighted by atomic mass is 10.1. The van der Waals surface area contributed by atoms with Crippen LogP contribution in [0.3, 0.4) is 0 Å². The Morgan fingerprint density at radius 1 is 1.05 bits per heavy atom. The summed E-state index contributed by atoms with van der Waals surface area (Å²) in [6, 6.07) is 5.05. The molecule has 2 aromatic heterocycles. The van der Waals surface area contributed by atoms with Crippen molar-refractivity contribution < 1.29 is 31.0 Å². The van der Waals surface area contributed by atoms with E-state index in [-0.39, 0.29) is 31.5 Å². The standard InChI is InChI=1S/C24H33N7O7S2/c1-15-12-25-22(26-13-15)16(2)17(3)40(34,35)29-24-28-27-23(20-14-30(10-11-38-20)39(6,32)33)31(24)21-18(36-4)8-7-9-19(21)37-5/h7-9,12-13,16-17,20H,10-11,14H2,1-6H3,(H,28,29)/t16-,17-,20?/m0/s1. The maximum absolute atomic E-state index is 13.6. The lowest BCUT2D eigenvalue weighted by Gasteiger charge is -2.31. The molecule has 0 aliphatic carbocycles. The molecule has 3 atom stereocenters. The molecule has 0 spiro atoms. The molecule has 1 aliphatic heterocycles. The fourth-order valence-electron chi connectivity index (χ4n) is 4.26. The predicted molar refractivity (Wildman–Crippen MR) is 147 cm³/mol. The Morgan fingerprint density at radius 2 is 1.68 bits per heavy atom. The molecule has 0 saturated carbocycles. The molecule has 1 aromatic carbocycles. The van der Waals surface area contributed by atoms with Crippen molar-refractivity contribution in [1.29, 1.82) is 0 Å². The second-order valence-electron chi connectivity index (χ2n) is 9.47. The number of sulfonamides is 2. The molecule has 0 amide bonds. The van der Waals surface area contributed by atoms with Crippen molar-refractivity contribution in [1.82, 2.24) is 29.0 Å². The Balaban J connectivity index is 1.80. The summed E-state index contributed by atoms with van der Waals surface area (Å²) in [4.78, 5) is 8.57. The summed E-state index contributed by atoms with van der Waals surface area (Å²) in [6.07, 6.45) is 3.52. The van der Waals surface area contributed by atoms with Gasteiger partial charge in [-0.05, 0) is 31.5 Å². The van der Waals surface area contributed by atoms with Gasteiger partial charge in [-0.3, -0.25) is 9.29 Å². The van der Waals surface area contributed by atoms with E-state index in [1.807, 2.05) is 6.92 Å². The molecule has 1 fully saturated rings. The third-order valence-electron chi connectivity index (χ3n) is 6.73. The number of para-hydroxylation sites is 1. The minimum Gasteiger partial charge on any atom is -0.494 e. The first-order valence-corrected chi connectivity index (χ1v) is 15.8. The summed E-state index contributed by atoms with van der Waals surface area (Å²) in [7, 11) is -4.68. The molecule has 1 aliphatic rings. The van der Waals surface area contributed by atoms with Gasteiger partial charge in [0.25, 0.3) is 0 Å². The Labute approximate surface area is 233 Å². The molecule has 40 heavy (non-hydrogen) atoms. The summed E-state index contributed by atoms with van der Waals surface area (Å²) >= 11 is 0. The molecule has 14 nitrogen and oxygen atoms in total. The van der Waals surface area contributed by atoms with Gasteiger partial charge in [0.15, 0.2) is 5.82 Å². The third kappa shape index (κ3) is 6.04. The summed E-state index contributed by atoms with van der Waals surface area (Å²) in [5.74, 6) is 0.517. The predicted octanol–water partition coefficient (Wildman–Crippen LogP) is 1.65. The van der Waals surface area contributed by atoms with E-state index < -0.39 is 37.3 Å². The van der Waals surface area contributed by atoms with Crippen LogP contribution in [-0.4, -0.2) is 91.3 Å². The highest BCUT2D eigenvalue weighted by Crippen LogP contribution is 2.38. The Bertz CT molecular complexity index is 1540. The van der Waals surface area contributed by atoms with Crippen LogP contribution in [0.2, 0.25) is 0 Å². The monoisotopic (exact) mass is 595 g/mol. The molecule has 0 bridgehead atoms. The molecule has 1 unspecified atom stereocenters. The van der Waals surface area contributed by atoms with Gasteiger partial charge in [0.05, 0.1) is 32.3 Å². The normalized spacial score (nSPS) is 18.2. The van der Waals surface area contributed by atoms with Gasteiger partial charge in [-0.15, -0.1) is 10.2 Å². The third-order valence-corrected chi connectivity index (χ3v) is 9.86. The van der Waals surface area contributed by atoms with E-state index >= 15 is 0 Å². The van der Waals surface area contributed by atoms with Crippen LogP contribution in [-0.2, 0) is 24.8 Å². The first-order valence-electron chi connectivity index (χ1n) is 12.4. The molecular weight excluding hydrogens is 562 g/mol. The van der Waals surface area contributed by atoms with Crippen molar-refractivity contribution in [3.63, 3.8) is 0 Å². The number of anilines is 1. The summed E-state index contributed by atoms with van der Waals surface area (Å²) in [5.41, 5.74) is 1.17. The number of hydrogen-bond donors (Lipinski definition) is 1. The van der Waals surface area contributed by atoms with Crippen molar-refractivity contribution in [2.75, 3.05) is 44.9 Å². The van der Waals surface area contributed by atoms with Gasteiger partial charge in [-0.25, -0.2) is 26.8 Å². The van der Waals surface area contributed by atoms with Crippen molar-refractivity contribution >= 4 is 26.0 Å². The van der Waals surface area contributed by atoms with Crippen LogP contribution in [0.5, 0.6) is 11.5 Å². The van der Waals surface area contributed by atoms with Crippen LogP contribution in [0.25, 0.3) is 5.69 Å². The fourth-order valence-corrected chi connectivity index (χ4v) is 6.31. The van der Waals surface area contributed by atoms with Crippen molar-refractivity contribution in [3.05, 3.63) is 47.8 Å². The lowest BCUT2D eigenvalue weighted by Crippen LogP contribution is -2.42. The summed E-state index contributed by atoms with van der Waals surface area (Å²) < 4.78 is 74.1. The van der Waals surface area contributed by atoms with Crippen LogP contribution < -0.4 is 14.2 Å². The van der Waals surface area contributed by atoms with Crippen LogP contribution >= 0.6 is 0 Å². The number of benzene rings is 1. The number of hydrogen-bond acceptors (Lipinski definition) is 11. The van der Waals surface area contributed by atoms with E-state index in [0.29, 0.717) is 23.0 Å². The molecule has 3 heterocycles. The average molecular weight is 596 g/mol. The van der Waals surface area contributed by atoms with Crippen molar-refractivity contribution in [2.24, 2.45) is 0 Å². The first kappa shape index (κ1) is 29.6. The highest BCUT2D eigenvalue weighted by Gasteiger charge is 2.36. The topological polar surface area (TPSA) is 168 Å². The maximum atomic E-state index is 13.6. The van der Waals surface area contributed by atoms with E-state index in [1.54, 1.807) is 44.4 Å². The Kier molecular flexibility index (Phi) is 8.63. The van der Waals surface area contributed by atoms with Gasteiger partial charge in [0, 0.05) is 31.4 Å². The summed E-state index contributed by atoms with van der Waals surface area (Å²) in [5, 5.41) is 7.43. The SMILES string of the molecule is COc1cccc(OC)c1-n1c(NS(=O)(=O)[C@@H](C)[C@H](C)c2ncc(C)cn2)nnc1C1CN(S(C)(=O)=O)CCO1. The van der Waals surface area contributed by atoms with E-state index in [1.165, 1.54) is 23.1 Å². The molecule has 4 rings (SSSR count). The largest absolute Gasteiger partial charge is 0.494 e. The van der Waals surface area contributed by atoms with Crippen LogP contribution in [0.15, 0.2) is 30.6 Å².